The molecule has 0 fully saturated rings. The van der Waals surface area contributed by atoms with E-state index in [0.29, 0.717) is 16.7 Å². The molecule has 0 saturated heterocycles. The first-order valence-electron chi connectivity index (χ1n) is 12.2. The zero-order chi connectivity index (χ0) is 25.5. The van der Waals surface area contributed by atoms with Crippen molar-refractivity contribution < 1.29 is 17.9 Å². The third-order valence-electron chi connectivity index (χ3n) is 6.28. The van der Waals surface area contributed by atoms with Gasteiger partial charge in [0.05, 0.1) is 7.11 Å². The van der Waals surface area contributed by atoms with Crippen molar-refractivity contribution in [2.45, 2.75) is 32.6 Å². The van der Waals surface area contributed by atoms with Gasteiger partial charge < -0.3 is 4.74 Å². The third-order valence-corrected chi connectivity index (χ3v) is 6.28. The molecule has 0 radical (unpaired) electrons. The van der Waals surface area contributed by atoms with E-state index in [1.165, 1.54) is 31.6 Å². The number of rotatable bonds is 9. The van der Waals surface area contributed by atoms with Gasteiger partial charge in [0.15, 0.2) is 23.2 Å². The Hall–Kier alpha value is -3.79. The molecule has 4 aromatic rings. The van der Waals surface area contributed by atoms with Crippen LogP contribution in [0.5, 0.6) is 5.75 Å². The lowest BCUT2D eigenvalue weighted by atomic mass is 9.97. The van der Waals surface area contributed by atoms with Crippen LogP contribution in [0.15, 0.2) is 78.9 Å². The van der Waals surface area contributed by atoms with Gasteiger partial charge in [-0.05, 0) is 52.8 Å². The van der Waals surface area contributed by atoms with Crippen molar-refractivity contribution in [3.63, 3.8) is 0 Å². The first kappa shape index (κ1) is 25.3. The quantitative estimate of drug-likeness (QED) is 0.169. The molecule has 0 aromatic heterocycles. The van der Waals surface area contributed by atoms with E-state index >= 15 is 8.78 Å². The lowest BCUT2D eigenvalue weighted by Gasteiger charge is -2.10. The molecule has 0 aliphatic rings. The molecule has 0 aliphatic heterocycles. The van der Waals surface area contributed by atoms with E-state index in [1.807, 2.05) is 42.5 Å². The van der Waals surface area contributed by atoms with E-state index in [0.717, 1.165) is 18.4 Å². The van der Waals surface area contributed by atoms with Crippen LogP contribution in [0, 0.1) is 17.5 Å². The fourth-order valence-electron chi connectivity index (χ4n) is 4.18. The summed E-state index contributed by atoms with van der Waals surface area (Å²) in [6.45, 7) is 2.17. The molecule has 4 aromatic carbocycles. The highest BCUT2D eigenvalue weighted by molar-refractivity contribution is 5.74. The van der Waals surface area contributed by atoms with E-state index in [1.54, 1.807) is 42.5 Å². The van der Waals surface area contributed by atoms with E-state index in [2.05, 4.69) is 6.92 Å². The van der Waals surface area contributed by atoms with Gasteiger partial charge in [0.1, 0.15) is 0 Å². The van der Waals surface area contributed by atoms with Crippen LogP contribution >= 0.6 is 0 Å². The Morgan fingerprint density at radius 2 is 1.22 bits per heavy atom. The number of hydrogen-bond donors (Lipinski definition) is 0. The Labute approximate surface area is 210 Å². The van der Waals surface area contributed by atoms with Gasteiger partial charge in [0.25, 0.3) is 0 Å². The highest BCUT2D eigenvalue weighted by Gasteiger charge is 2.16. The standard InChI is InChI=1S/C32H29F3O/c1-3-4-5-6-22-9-14-25(15-10-22)27-18-19-28(32(35)31(27)34)26-16-11-23(12-17-26)7-8-24-13-20-30(36-2)29(33)21-24/h7-21H,3-6H2,1-2H3/b8-7+. The number of aryl methyl sites for hydroxylation is 1. The molecule has 0 amide bonds. The van der Waals surface area contributed by atoms with Gasteiger partial charge >= 0.3 is 0 Å². The molecule has 0 unspecified atom stereocenters. The molecule has 0 spiro atoms. The number of hydrogen-bond acceptors (Lipinski definition) is 1. The summed E-state index contributed by atoms with van der Waals surface area (Å²) in [6.07, 6.45) is 8.08. The molecule has 0 N–H and O–H groups in total. The first-order valence-corrected chi connectivity index (χ1v) is 12.2. The van der Waals surface area contributed by atoms with Crippen molar-refractivity contribution in [3.8, 4) is 28.0 Å². The molecular formula is C32H29F3O. The summed E-state index contributed by atoms with van der Waals surface area (Å²) in [5.74, 6) is -1.96. The highest BCUT2D eigenvalue weighted by Crippen LogP contribution is 2.32. The molecule has 4 rings (SSSR count). The average molecular weight is 487 g/mol. The minimum atomic E-state index is -0.864. The Morgan fingerprint density at radius 1 is 0.667 bits per heavy atom. The van der Waals surface area contributed by atoms with Gasteiger partial charge in [-0.1, -0.05) is 98.6 Å². The van der Waals surface area contributed by atoms with E-state index in [4.69, 9.17) is 4.74 Å². The first-order chi connectivity index (χ1) is 17.5. The molecule has 1 nitrogen and oxygen atoms in total. The molecule has 184 valence electrons. The molecule has 0 saturated carbocycles. The summed E-state index contributed by atoms with van der Waals surface area (Å²) in [6, 6.07) is 22.8. The Bertz CT molecular complexity index is 1340. The minimum absolute atomic E-state index is 0.191. The summed E-state index contributed by atoms with van der Waals surface area (Å²) in [5, 5.41) is 0. The molecular weight excluding hydrogens is 457 g/mol. The number of unbranched alkanes of at least 4 members (excludes halogenated alkanes) is 2. The van der Waals surface area contributed by atoms with E-state index in [-0.39, 0.29) is 16.9 Å². The monoisotopic (exact) mass is 486 g/mol. The van der Waals surface area contributed by atoms with Crippen molar-refractivity contribution in [3.05, 3.63) is 113 Å². The number of ether oxygens (including phenoxy) is 1. The van der Waals surface area contributed by atoms with Crippen molar-refractivity contribution in [1.82, 2.24) is 0 Å². The SMILES string of the molecule is CCCCCc1ccc(-c2ccc(-c3ccc(/C=C/c4ccc(OC)c(F)c4)cc3)c(F)c2F)cc1. The second-order valence-electron chi connectivity index (χ2n) is 8.79. The fraction of sp³-hybridized carbons (Fsp3) is 0.188. The largest absolute Gasteiger partial charge is 0.494 e. The zero-order valence-electron chi connectivity index (χ0n) is 20.5. The molecule has 4 heteroatoms. The van der Waals surface area contributed by atoms with Gasteiger partial charge in [0.2, 0.25) is 0 Å². The van der Waals surface area contributed by atoms with Gasteiger partial charge in [-0.3, -0.25) is 0 Å². The Morgan fingerprint density at radius 3 is 1.78 bits per heavy atom. The van der Waals surface area contributed by atoms with Crippen molar-refractivity contribution >= 4 is 12.2 Å². The molecule has 0 aliphatic carbocycles. The lowest BCUT2D eigenvalue weighted by Crippen LogP contribution is -1.94. The second kappa shape index (κ2) is 11.8. The fourth-order valence-corrected chi connectivity index (χ4v) is 4.18. The van der Waals surface area contributed by atoms with Gasteiger partial charge in [-0.25, -0.2) is 13.2 Å². The number of methoxy groups -OCH3 is 1. The average Bonchev–Trinajstić information content (AvgIpc) is 2.90. The summed E-state index contributed by atoms with van der Waals surface area (Å²) in [7, 11) is 1.42. The Kier molecular flexibility index (Phi) is 8.27. The summed E-state index contributed by atoms with van der Waals surface area (Å²) >= 11 is 0. The van der Waals surface area contributed by atoms with Gasteiger partial charge in [-0.15, -0.1) is 0 Å². The van der Waals surface area contributed by atoms with Crippen LogP contribution in [0.1, 0.15) is 42.9 Å². The third kappa shape index (κ3) is 5.88. The predicted octanol–water partition coefficient (Wildman–Crippen LogP) is 9.35. The maximum absolute atomic E-state index is 15.1. The van der Waals surface area contributed by atoms with Crippen LogP contribution < -0.4 is 4.74 Å². The normalized spacial score (nSPS) is 11.2. The van der Waals surface area contributed by atoms with E-state index in [9.17, 15) is 4.39 Å². The molecule has 0 atom stereocenters. The lowest BCUT2D eigenvalue weighted by molar-refractivity contribution is 0.386. The zero-order valence-corrected chi connectivity index (χ0v) is 20.5. The van der Waals surface area contributed by atoms with Crippen LogP contribution in [0.3, 0.4) is 0 Å². The van der Waals surface area contributed by atoms with E-state index < -0.39 is 17.5 Å². The minimum Gasteiger partial charge on any atom is -0.494 e. The predicted molar refractivity (Wildman–Crippen MR) is 142 cm³/mol. The topological polar surface area (TPSA) is 9.23 Å². The summed E-state index contributed by atoms with van der Waals surface area (Å²) in [5.41, 5.74) is 4.45. The molecule has 36 heavy (non-hydrogen) atoms. The van der Waals surface area contributed by atoms with Crippen molar-refractivity contribution in [2.24, 2.45) is 0 Å². The van der Waals surface area contributed by atoms with Crippen LogP contribution in [-0.2, 0) is 6.42 Å². The summed E-state index contributed by atoms with van der Waals surface area (Å²) in [4.78, 5) is 0. The maximum Gasteiger partial charge on any atom is 0.167 e. The number of benzene rings is 4. The smallest absolute Gasteiger partial charge is 0.167 e. The van der Waals surface area contributed by atoms with Crippen LogP contribution in [0.25, 0.3) is 34.4 Å². The van der Waals surface area contributed by atoms with Crippen molar-refractivity contribution in [2.75, 3.05) is 7.11 Å². The Balaban J connectivity index is 1.50. The summed E-state index contributed by atoms with van der Waals surface area (Å²) < 4.78 is 48.9. The molecule has 0 heterocycles. The van der Waals surface area contributed by atoms with Crippen LogP contribution in [-0.4, -0.2) is 7.11 Å². The van der Waals surface area contributed by atoms with Crippen LogP contribution in [0.4, 0.5) is 13.2 Å². The van der Waals surface area contributed by atoms with Crippen molar-refractivity contribution in [1.29, 1.82) is 0 Å². The van der Waals surface area contributed by atoms with Gasteiger partial charge in [-0.2, -0.15) is 0 Å². The molecule has 0 bridgehead atoms. The number of halogens is 3. The van der Waals surface area contributed by atoms with Gasteiger partial charge in [0, 0.05) is 11.1 Å². The van der Waals surface area contributed by atoms with Crippen LogP contribution in [0.2, 0.25) is 0 Å². The highest BCUT2D eigenvalue weighted by atomic mass is 19.2. The second-order valence-corrected chi connectivity index (χ2v) is 8.79. The maximum atomic E-state index is 15.1.